The lowest BCUT2D eigenvalue weighted by Gasteiger charge is -2.21. The van der Waals surface area contributed by atoms with Crippen molar-refractivity contribution in [3.8, 4) is 0 Å². The topological polar surface area (TPSA) is 51.2 Å². The fourth-order valence-electron chi connectivity index (χ4n) is 2.09. The molecular weight excluding hydrogens is 252 g/mol. The van der Waals surface area contributed by atoms with Crippen molar-refractivity contribution in [2.45, 2.75) is 11.8 Å². The summed E-state index contributed by atoms with van der Waals surface area (Å²) in [7, 11) is 0. The van der Waals surface area contributed by atoms with Gasteiger partial charge in [-0.2, -0.15) is 0 Å². The lowest BCUT2D eigenvalue weighted by atomic mass is 9.78. The Morgan fingerprint density at radius 3 is 1.85 bits per heavy atom. The van der Waals surface area contributed by atoms with Crippen molar-refractivity contribution in [1.29, 1.82) is 0 Å². The van der Waals surface area contributed by atoms with Crippen LogP contribution >= 0.6 is 0 Å². The third-order valence-corrected chi connectivity index (χ3v) is 3.28. The maximum atomic E-state index is 12.2. The molecule has 0 unspecified atom stereocenters. The van der Waals surface area contributed by atoms with Crippen LogP contribution in [0.3, 0.4) is 0 Å². The molecule has 0 heterocycles. The summed E-state index contributed by atoms with van der Waals surface area (Å²) in [6.07, 6.45) is 0.945. The number of hydrogen-bond acceptors (Lipinski definition) is 3. The minimum Gasteiger partial charge on any atom is -0.302 e. The van der Waals surface area contributed by atoms with Gasteiger partial charge in [0, 0.05) is 12.0 Å². The van der Waals surface area contributed by atoms with E-state index in [0.717, 1.165) is 0 Å². The van der Waals surface area contributed by atoms with Crippen LogP contribution < -0.4 is 0 Å². The molecule has 0 radical (unpaired) electrons. The van der Waals surface area contributed by atoms with E-state index in [4.69, 9.17) is 0 Å². The van der Waals surface area contributed by atoms with Crippen molar-refractivity contribution < 1.29 is 14.4 Å². The van der Waals surface area contributed by atoms with Gasteiger partial charge in [0.25, 0.3) is 0 Å². The summed E-state index contributed by atoms with van der Waals surface area (Å²) >= 11 is 0. The predicted octanol–water partition coefficient (Wildman–Crippen LogP) is 2.60. The first kappa shape index (κ1) is 13.9. The summed E-state index contributed by atoms with van der Waals surface area (Å²) in [4.78, 5) is 35.1. The van der Waals surface area contributed by atoms with E-state index in [9.17, 15) is 14.4 Å². The molecular formula is C17H14O3. The molecule has 0 aliphatic heterocycles. The molecule has 0 bridgehead atoms. The van der Waals surface area contributed by atoms with Gasteiger partial charge in [0.15, 0.2) is 5.78 Å². The molecule has 0 aromatic heterocycles. The number of aldehydes is 2. The summed E-state index contributed by atoms with van der Waals surface area (Å²) in [6, 6.07) is 17.3. The highest BCUT2D eigenvalue weighted by Crippen LogP contribution is 2.25. The summed E-state index contributed by atoms with van der Waals surface area (Å²) in [5.41, 5.74) is -0.375. The number of hydrogen-bond donors (Lipinski definition) is 0. The smallest absolute Gasteiger partial charge is 0.164 e. The van der Waals surface area contributed by atoms with Crippen LogP contribution in [0.25, 0.3) is 0 Å². The number of benzene rings is 2. The monoisotopic (exact) mass is 266 g/mol. The first-order chi connectivity index (χ1) is 9.72. The standard InChI is InChI=1S/C17H14O3/c18-12-17(13-19,15-9-5-2-6-10-15)11-16(20)14-7-3-1-4-8-14/h1-10,12-13H,11H2. The molecule has 0 saturated carbocycles. The maximum absolute atomic E-state index is 12.2. The van der Waals surface area contributed by atoms with Crippen molar-refractivity contribution in [3.05, 3.63) is 71.8 Å². The van der Waals surface area contributed by atoms with Crippen molar-refractivity contribution in [3.63, 3.8) is 0 Å². The highest BCUT2D eigenvalue weighted by molar-refractivity contribution is 6.04. The second-order valence-electron chi connectivity index (χ2n) is 4.61. The third kappa shape index (κ3) is 2.72. The Labute approximate surface area is 117 Å². The molecule has 0 aliphatic carbocycles. The van der Waals surface area contributed by atoms with E-state index < -0.39 is 5.41 Å². The number of ketones is 1. The van der Waals surface area contributed by atoms with Gasteiger partial charge in [-0.05, 0) is 5.56 Å². The molecule has 0 aliphatic rings. The van der Waals surface area contributed by atoms with E-state index in [2.05, 4.69) is 0 Å². The normalized spacial score (nSPS) is 10.8. The highest BCUT2D eigenvalue weighted by atomic mass is 16.1. The van der Waals surface area contributed by atoms with Gasteiger partial charge in [-0.3, -0.25) is 4.79 Å². The molecule has 0 N–H and O–H groups in total. The van der Waals surface area contributed by atoms with Crippen molar-refractivity contribution in [1.82, 2.24) is 0 Å². The Morgan fingerprint density at radius 2 is 1.35 bits per heavy atom. The second-order valence-corrected chi connectivity index (χ2v) is 4.61. The average Bonchev–Trinajstić information content (AvgIpc) is 2.54. The molecule has 2 rings (SSSR count). The first-order valence-electron chi connectivity index (χ1n) is 6.28. The molecule has 3 nitrogen and oxygen atoms in total. The lowest BCUT2D eigenvalue weighted by Crippen LogP contribution is -2.33. The van der Waals surface area contributed by atoms with Crippen LogP contribution in [0.4, 0.5) is 0 Å². The van der Waals surface area contributed by atoms with E-state index in [0.29, 0.717) is 23.7 Å². The second kappa shape index (κ2) is 6.06. The fraction of sp³-hybridized carbons (Fsp3) is 0.118. The zero-order valence-corrected chi connectivity index (χ0v) is 10.9. The van der Waals surface area contributed by atoms with Crippen LogP contribution in [0.5, 0.6) is 0 Å². The van der Waals surface area contributed by atoms with E-state index in [1.807, 2.05) is 0 Å². The zero-order chi connectivity index (χ0) is 14.4. The van der Waals surface area contributed by atoms with E-state index in [-0.39, 0.29) is 12.2 Å². The van der Waals surface area contributed by atoms with Gasteiger partial charge in [0.2, 0.25) is 0 Å². The molecule has 20 heavy (non-hydrogen) atoms. The average molecular weight is 266 g/mol. The van der Waals surface area contributed by atoms with Gasteiger partial charge < -0.3 is 9.59 Å². The molecule has 0 saturated heterocycles. The van der Waals surface area contributed by atoms with Crippen LogP contribution in [0, 0.1) is 0 Å². The molecule has 0 amide bonds. The first-order valence-corrected chi connectivity index (χ1v) is 6.28. The molecule has 0 spiro atoms. The molecule has 2 aromatic carbocycles. The number of carbonyl (C=O) groups excluding carboxylic acids is 3. The van der Waals surface area contributed by atoms with Crippen molar-refractivity contribution in [2.24, 2.45) is 0 Å². The van der Waals surface area contributed by atoms with Crippen LogP contribution in [-0.2, 0) is 15.0 Å². The van der Waals surface area contributed by atoms with Gasteiger partial charge in [-0.25, -0.2) is 0 Å². The summed E-state index contributed by atoms with van der Waals surface area (Å²) < 4.78 is 0. The van der Waals surface area contributed by atoms with Gasteiger partial charge >= 0.3 is 0 Å². The Bertz CT molecular complexity index is 595. The maximum Gasteiger partial charge on any atom is 0.164 e. The summed E-state index contributed by atoms with van der Waals surface area (Å²) in [5.74, 6) is -0.228. The summed E-state index contributed by atoms with van der Waals surface area (Å²) in [5, 5.41) is 0. The molecule has 3 heteroatoms. The molecule has 2 aromatic rings. The molecule has 0 atom stereocenters. The van der Waals surface area contributed by atoms with Gasteiger partial charge in [0.1, 0.15) is 18.0 Å². The van der Waals surface area contributed by atoms with E-state index >= 15 is 0 Å². The Hall–Kier alpha value is -2.55. The minimum atomic E-state index is -1.41. The molecule has 100 valence electrons. The quantitative estimate of drug-likeness (QED) is 0.459. The van der Waals surface area contributed by atoms with E-state index in [1.165, 1.54) is 0 Å². The van der Waals surface area contributed by atoms with E-state index in [1.54, 1.807) is 60.7 Å². The number of Topliss-reactive ketones (excluding diaryl/α,β-unsaturated/α-hetero) is 1. The fourth-order valence-corrected chi connectivity index (χ4v) is 2.09. The van der Waals surface area contributed by atoms with Crippen LogP contribution in [0.15, 0.2) is 60.7 Å². The van der Waals surface area contributed by atoms with Crippen molar-refractivity contribution in [2.75, 3.05) is 0 Å². The lowest BCUT2D eigenvalue weighted by molar-refractivity contribution is -0.121. The SMILES string of the molecule is O=CC(C=O)(CC(=O)c1ccccc1)c1ccccc1. The Kier molecular flexibility index (Phi) is 4.20. The molecule has 0 fully saturated rings. The number of carbonyl (C=O) groups is 3. The summed E-state index contributed by atoms with van der Waals surface area (Å²) in [6.45, 7) is 0. The van der Waals surface area contributed by atoms with Gasteiger partial charge in [0.05, 0.1) is 0 Å². The Morgan fingerprint density at radius 1 is 0.850 bits per heavy atom. The van der Waals surface area contributed by atoms with Gasteiger partial charge in [-0.1, -0.05) is 60.7 Å². The largest absolute Gasteiger partial charge is 0.302 e. The van der Waals surface area contributed by atoms with Crippen LogP contribution in [-0.4, -0.2) is 18.4 Å². The van der Waals surface area contributed by atoms with Gasteiger partial charge in [-0.15, -0.1) is 0 Å². The predicted molar refractivity (Wildman–Crippen MR) is 75.6 cm³/mol. The van der Waals surface area contributed by atoms with Crippen molar-refractivity contribution >= 4 is 18.4 Å². The minimum absolute atomic E-state index is 0.159. The third-order valence-electron chi connectivity index (χ3n) is 3.28. The number of rotatable bonds is 6. The highest BCUT2D eigenvalue weighted by Gasteiger charge is 2.34. The zero-order valence-electron chi connectivity index (χ0n) is 10.9. The van der Waals surface area contributed by atoms with Crippen LogP contribution in [0.2, 0.25) is 0 Å². The Balaban J connectivity index is 2.34. The van der Waals surface area contributed by atoms with Crippen LogP contribution in [0.1, 0.15) is 22.3 Å².